The zero-order chi connectivity index (χ0) is 14.5. The summed E-state index contributed by atoms with van der Waals surface area (Å²) in [5.41, 5.74) is 9.40. The summed E-state index contributed by atoms with van der Waals surface area (Å²) in [6.07, 6.45) is 1.71. The predicted molar refractivity (Wildman–Crippen MR) is 80.0 cm³/mol. The minimum absolute atomic E-state index is 0.0118. The molecule has 0 saturated carbocycles. The Labute approximate surface area is 118 Å². The van der Waals surface area contributed by atoms with Crippen molar-refractivity contribution in [3.63, 3.8) is 0 Å². The first-order valence-electron chi connectivity index (χ1n) is 6.31. The highest BCUT2D eigenvalue weighted by atomic mass is 16.4. The summed E-state index contributed by atoms with van der Waals surface area (Å²) >= 11 is 0. The molecule has 20 heavy (non-hydrogen) atoms. The summed E-state index contributed by atoms with van der Waals surface area (Å²) < 4.78 is 0. The average molecular weight is 270 g/mol. The van der Waals surface area contributed by atoms with Crippen LogP contribution in [0, 0.1) is 6.92 Å². The molecule has 0 bridgehead atoms. The van der Waals surface area contributed by atoms with Crippen molar-refractivity contribution in [2.45, 2.75) is 13.5 Å². The van der Waals surface area contributed by atoms with Crippen molar-refractivity contribution in [2.75, 3.05) is 11.9 Å². The van der Waals surface area contributed by atoms with Gasteiger partial charge in [-0.25, -0.2) is 0 Å². The maximum atomic E-state index is 8.60. The molecule has 0 aliphatic carbocycles. The number of aromatic nitrogens is 1. The lowest BCUT2D eigenvalue weighted by Gasteiger charge is -2.19. The molecule has 0 aliphatic rings. The smallest absolute Gasteiger partial charge is 0.188 e. The van der Waals surface area contributed by atoms with Crippen molar-refractivity contribution in [1.82, 2.24) is 4.98 Å². The Morgan fingerprint density at radius 1 is 1.25 bits per heavy atom. The fraction of sp³-hybridized carbons (Fsp3) is 0.200. The van der Waals surface area contributed by atoms with Gasteiger partial charge in [0.25, 0.3) is 0 Å². The zero-order valence-corrected chi connectivity index (χ0v) is 11.6. The van der Waals surface area contributed by atoms with Crippen LogP contribution in [-0.4, -0.2) is 23.1 Å². The van der Waals surface area contributed by atoms with Crippen LogP contribution < -0.4 is 10.6 Å². The van der Waals surface area contributed by atoms with E-state index < -0.39 is 0 Å². The van der Waals surface area contributed by atoms with Crippen LogP contribution in [0.15, 0.2) is 47.8 Å². The van der Waals surface area contributed by atoms with E-state index in [0.29, 0.717) is 5.69 Å². The van der Waals surface area contributed by atoms with E-state index in [0.717, 1.165) is 12.2 Å². The molecule has 0 atom stereocenters. The van der Waals surface area contributed by atoms with Crippen molar-refractivity contribution < 1.29 is 5.21 Å². The van der Waals surface area contributed by atoms with Gasteiger partial charge in [0.1, 0.15) is 5.69 Å². The van der Waals surface area contributed by atoms with Gasteiger partial charge in [-0.05, 0) is 24.6 Å². The monoisotopic (exact) mass is 270 g/mol. The minimum atomic E-state index is 0.0118. The number of aryl methyl sites for hydroxylation is 1. The Morgan fingerprint density at radius 2 is 1.95 bits per heavy atom. The third kappa shape index (κ3) is 3.26. The highest BCUT2D eigenvalue weighted by molar-refractivity contribution is 5.95. The number of pyridine rings is 1. The lowest BCUT2D eigenvalue weighted by molar-refractivity contribution is 0.318. The van der Waals surface area contributed by atoms with Gasteiger partial charge >= 0.3 is 0 Å². The molecule has 2 rings (SSSR count). The number of anilines is 1. The first kappa shape index (κ1) is 13.9. The molecule has 1 aromatic heterocycles. The Bertz CT molecular complexity index is 590. The summed E-state index contributed by atoms with van der Waals surface area (Å²) in [5, 5.41) is 11.5. The van der Waals surface area contributed by atoms with Crippen LogP contribution in [0.3, 0.4) is 0 Å². The maximum Gasteiger partial charge on any atom is 0.188 e. The standard InChI is InChI=1S/C15H18N4O/c1-11-3-5-12(6-4-11)10-19(2)13-7-8-14(17-9-13)15(16)18-20/h3-9,20H,10H2,1-2H3,(H2,16,18). The molecule has 5 nitrogen and oxygen atoms in total. The van der Waals surface area contributed by atoms with E-state index in [4.69, 9.17) is 10.9 Å². The Balaban J connectivity index is 2.09. The van der Waals surface area contributed by atoms with Crippen LogP contribution in [0.4, 0.5) is 5.69 Å². The van der Waals surface area contributed by atoms with Gasteiger partial charge in [-0.2, -0.15) is 0 Å². The molecule has 0 spiro atoms. The van der Waals surface area contributed by atoms with E-state index in [1.807, 2.05) is 13.1 Å². The molecule has 2 aromatic rings. The van der Waals surface area contributed by atoms with Gasteiger partial charge in [-0.15, -0.1) is 0 Å². The first-order valence-corrected chi connectivity index (χ1v) is 6.31. The van der Waals surface area contributed by atoms with E-state index >= 15 is 0 Å². The number of rotatable bonds is 4. The van der Waals surface area contributed by atoms with Crippen LogP contribution >= 0.6 is 0 Å². The molecule has 0 unspecified atom stereocenters. The van der Waals surface area contributed by atoms with Crippen LogP contribution in [-0.2, 0) is 6.54 Å². The third-order valence-corrected chi connectivity index (χ3v) is 3.10. The van der Waals surface area contributed by atoms with Crippen LogP contribution in [0.25, 0.3) is 0 Å². The minimum Gasteiger partial charge on any atom is -0.409 e. The van der Waals surface area contributed by atoms with Gasteiger partial charge in [0, 0.05) is 13.6 Å². The number of benzene rings is 1. The van der Waals surface area contributed by atoms with Crippen molar-refractivity contribution >= 4 is 11.5 Å². The molecular formula is C15H18N4O. The van der Waals surface area contributed by atoms with Crippen molar-refractivity contribution in [1.29, 1.82) is 0 Å². The quantitative estimate of drug-likeness (QED) is 0.386. The molecule has 3 N–H and O–H groups in total. The van der Waals surface area contributed by atoms with E-state index in [1.54, 1.807) is 12.3 Å². The molecule has 5 heteroatoms. The normalized spacial score (nSPS) is 11.4. The van der Waals surface area contributed by atoms with Crippen LogP contribution in [0.2, 0.25) is 0 Å². The number of oxime groups is 1. The fourth-order valence-electron chi connectivity index (χ4n) is 1.87. The number of nitrogens with zero attached hydrogens (tertiary/aromatic N) is 3. The lowest BCUT2D eigenvalue weighted by atomic mass is 10.1. The van der Waals surface area contributed by atoms with Gasteiger partial charge in [0.2, 0.25) is 0 Å². The van der Waals surface area contributed by atoms with Gasteiger partial charge in [0.15, 0.2) is 5.84 Å². The highest BCUT2D eigenvalue weighted by Crippen LogP contribution is 2.15. The lowest BCUT2D eigenvalue weighted by Crippen LogP contribution is -2.18. The largest absolute Gasteiger partial charge is 0.409 e. The summed E-state index contributed by atoms with van der Waals surface area (Å²) in [7, 11) is 2.00. The summed E-state index contributed by atoms with van der Waals surface area (Å²) in [6, 6.07) is 12.1. The molecule has 0 amide bonds. The summed E-state index contributed by atoms with van der Waals surface area (Å²) in [5.74, 6) is 0.0118. The summed E-state index contributed by atoms with van der Waals surface area (Å²) in [4.78, 5) is 6.26. The topological polar surface area (TPSA) is 74.7 Å². The molecular weight excluding hydrogens is 252 g/mol. The van der Waals surface area contributed by atoms with E-state index in [1.165, 1.54) is 11.1 Å². The Kier molecular flexibility index (Phi) is 4.20. The number of hydrogen-bond donors (Lipinski definition) is 2. The Morgan fingerprint density at radius 3 is 2.50 bits per heavy atom. The SMILES string of the molecule is Cc1ccc(CN(C)c2ccc(/C(N)=N/O)nc2)cc1. The van der Waals surface area contributed by atoms with Gasteiger partial charge in [0.05, 0.1) is 11.9 Å². The predicted octanol–water partition coefficient (Wildman–Crippen LogP) is 2.12. The van der Waals surface area contributed by atoms with E-state index in [-0.39, 0.29) is 5.84 Å². The van der Waals surface area contributed by atoms with Gasteiger partial charge < -0.3 is 15.8 Å². The second-order valence-electron chi connectivity index (χ2n) is 4.73. The second-order valence-corrected chi connectivity index (χ2v) is 4.73. The molecule has 0 radical (unpaired) electrons. The van der Waals surface area contributed by atoms with Crippen molar-refractivity contribution in [3.8, 4) is 0 Å². The van der Waals surface area contributed by atoms with E-state index in [9.17, 15) is 0 Å². The maximum absolute atomic E-state index is 8.60. The molecule has 0 saturated heterocycles. The molecule has 0 fully saturated rings. The highest BCUT2D eigenvalue weighted by Gasteiger charge is 2.05. The van der Waals surface area contributed by atoms with Crippen LogP contribution in [0.5, 0.6) is 0 Å². The average Bonchev–Trinajstić information content (AvgIpc) is 2.49. The Hall–Kier alpha value is -2.56. The first-order chi connectivity index (χ1) is 9.60. The zero-order valence-electron chi connectivity index (χ0n) is 11.6. The fourth-order valence-corrected chi connectivity index (χ4v) is 1.87. The van der Waals surface area contributed by atoms with Gasteiger partial charge in [-0.1, -0.05) is 35.0 Å². The van der Waals surface area contributed by atoms with Crippen molar-refractivity contribution in [3.05, 3.63) is 59.4 Å². The molecule has 1 aromatic carbocycles. The molecule has 104 valence electrons. The second kappa shape index (κ2) is 6.06. The van der Waals surface area contributed by atoms with E-state index in [2.05, 4.69) is 46.2 Å². The van der Waals surface area contributed by atoms with Crippen molar-refractivity contribution in [2.24, 2.45) is 10.9 Å². The number of nitrogens with two attached hydrogens (primary N) is 1. The van der Waals surface area contributed by atoms with Gasteiger partial charge in [-0.3, -0.25) is 4.98 Å². The molecule has 0 aliphatic heterocycles. The summed E-state index contributed by atoms with van der Waals surface area (Å²) in [6.45, 7) is 2.87. The number of hydrogen-bond acceptors (Lipinski definition) is 4. The van der Waals surface area contributed by atoms with Crippen LogP contribution in [0.1, 0.15) is 16.8 Å². The molecule has 1 heterocycles. The third-order valence-electron chi connectivity index (χ3n) is 3.10. The number of amidine groups is 1.